The van der Waals surface area contributed by atoms with E-state index in [-0.39, 0.29) is 11.9 Å². The number of para-hydroxylation sites is 1. The number of methoxy groups -OCH3 is 1. The minimum Gasteiger partial charge on any atom is -0.496 e. The van der Waals surface area contributed by atoms with Crippen LogP contribution in [0.25, 0.3) is 0 Å². The van der Waals surface area contributed by atoms with Gasteiger partial charge in [0.15, 0.2) is 0 Å². The second-order valence-corrected chi connectivity index (χ2v) is 4.72. The molecular weight excluding hydrogens is 228 g/mol. The molecule has 1 aliphatic heterocycles. The number of ether oxygens (including phenoxy) is 1. The highest BCUT2D eigenvalue weighted by Crippen LogP contribution is 2.36. The molecule has 4 nitrogen and oxygen atoms in total. The van der Waals surface area contributed by atoms with E-state index < -0.39 is 6.04 Å². The maximum atomic E-state index is 12.1. The lowest BCUT2D eigenvalue weighted by Crippen LogP contribution is -2.41. The lowest BCUT2D eigenvalue weighted by Gasteiger charge is -2.27. The van der Waals surface area contributed by atoms with Crippen molar-refractivity contribution < 1.29 is 9.53 Å². The maximum absolute atomic E-state index is 12.1. The molecule has 0 spiro atoms. The van der Waals surface area contributed by atoms with E-state index in [2.05, 4.69) is 0 Å². The van der Waals surface area contributed by atoms with Gasteiger partial charge in [-0.2, -0.15) is 0 Å². The van der Waals surface area contributed by atoms with Gasteiger partial charge in [0, 0.05) is 12.1 Å². The number of hydrogen-bond acceptors (Lipinski definition) is 3. The van der Waals surface area contributed by atoms with Crippen molar-refractivity contribution in [1.82, 2.24) is 4.90 Å². The van der Waals surface area contributed by atoms with E-state index >= 15 is 0 Å². The Balaban J connectivity index is 2.29. The summed E-state index contributed by atoms with van der Waals surface area (Å²) in [5.41, 5.74) is 6.78. The molecule has 1 saturated heterocycles. The third kappa shape index (κ3) is 2.34. The monoisotopic (exact) mass is 248 g/mol. The first-order valence-corrected chi connectivity index (χ1v) is 6.34. The van der Waals surface area contributed by atoms with Gasteiger partial charge < -0.3 is 15.4 Å². The van der Waals surface area contributed by atoms with Crippen molar-refractivity contribution in [2.75, 3.05) is 13.7 Å². The molecular formula is C14H20N2O2. The molecule has 1 fully saturated rings. The Morgan fingerprint density at radius 3 is 2.89 bits per heavy atom. The van der Waals surface area contributed by atoms with Crippen molar-refractivity contribution in [2.45, 2.75) is 31.8 Å². The molecule has 2 atom stereocenters. The van der Waals surface area contributed by atoms with Crippen LogP contribution in [0, 0.1) is 0 Å². The van der Waals surface area contributed by atoms with Crippen LogP contribution in [0.5, 0.6) is 5.75 Å². The van der Waals surface area contributed by atoms with Crippen LogP contribution in [0.4, 0.5) is 0 Å². The molecule has 4 heteroatoms. The normalized spacial score (nSPS) is 20.8. The summed E-state index contributed by atoms with van der Waals surface area (Å²) in [6, 6.07) is 7.53. The standard InChI is InChI=1S/C14H20N2O2/c1-10(15)14(17)16-9-5-7-12(16)11-6-3-4-8-13(11)18-2/h3-4,6,8,10,12H,5,7,9,15H2,1-2H3/t10-,12+/m0/s1. The van der Waals surface area contributed by atoms with Crippen molar-refractivity contribution in [3.8, 4) is 5.75 Å². The number of carbonyl (C=O) groups is 1. The largest absolute Gasteiger partial charge is 0.496 e. The minimum atomic E-state index is -0.444. The zero-order chi connectivity index (χ0) is 13.1. The smallest absolute Gasteiger partial charge is 0.239 e. The van der Waals surface area contributed by atoms with Gasteiger partial charge in [0.2, 0.25) is 5.91 Å². The van der Waals surface area contributed by atoms with Crippen molar-refractivity contribution in [3.63, 3.8) is 0 Å². The number of nitrogens with zero attached hydrogens (tertiary/aromatic N) is 1. The number of amides is 1. The molecule has 0 unspecified atom stereocenters. The Hall–Kier alpha value is -1.55. The lowest BCUT2D eigenvalue weighted by atomic mass is 10.0. The summed E-state index contributed by atoms with van der Waals surface area (Å²) < 4.78 is 5.38. The number of likely N-dealkylation sites (tertiary alicyclic amines) is 1. The summed E-state index contributed by atoms with van der Waals surface area (Å²) in [5.74, 6) is 0.857. The summed E-state index contributed by atoms with van der Waals surface area (Å²) >= 11 is 0. The van der Waals surface area contributed by atoms with Gasteiger partial charge in [0.1, 0.15) is 5.75 Å². The second-order valence-electron chi connectivity index (χ2n) is 4.72. The van der Waals surface area contributed by atoms with Gasteiger partial charge in [-0.15, -0.1) is 0 Å². The highest BCUT2D eigenvalue weighted by Gasteiger charge is 2.32. The summed E-state index contributed by atoms with van der Waals surface area (Å²) in [6.07, 6.45) is 1.99. The first kappa shape index (κ1) is 12.9. The van der Waals surface area contributed by atoms with Crippen molar-refractivity contribution in [3.05, 3.63) is 29.8 Å². The van der Waals surface area contributed by atoms with Gasteiger partial charge in [-0.1, -0.05) is 18.2 Å². The van der Waals surface area contributed by atoms with E-state index in [4.69, 9.17) is 10.5 Å². The van der Waals surface area contributed by atoms with E-state index in [0.29, 0.717) is 0 Å². The minimum absolute atomic E-state index is 0.0170. The lowest BCUT2D eigenvalue weighted by molar-refractivity contribution is -0.133. The van der Waals surface area contributed by atoms with Crippen LogP contribution in [-0.2, 0) is 4.79 Å². The van der Waals surface area contributed by atoms with Crippen LogP contribution in [0.15, 0.2) is 24.3 Å². The molecule has 1 amide bonds. The quantitative estimate of drug-likeness (QED) is 0.886. The van der Waals surface area contributed by atoms with Gasteiger partial charge in [0.05, 0.1) is 19.2 Å². The molecule has 0 saturated carbocycles. The molecule has 18 heavy (non-hydrogen) atoms. The first-order valence-electron chi connectivity index (χ1n) is 6.34. The summed E-state index contributed by atoms with van der Waals surface area (Å²) in [4.78, 5) is 14.0. The molecule has 0 aliphatic carbocycles. The van der Waals surface area contributed by atoms with E-state index in [9.17, 15) is 4.79 Å². The molecule has 2 rings (SSSR count). The van der Waals surface area contributed by atoms with Crippen molar-refractivity contribution >= 4 is 5.91 Å². The van der Waals surface area contributed by atoms with Crippen LogP contribution in [-0.4, -0.2) is 30.5 Å². The highest BCUT2D eigenvalue weighted by atomic mass is 16.5. The van der Waals surface area contributed by atoms with Crippen molar-refractivity contribution in [1.29, 1.82) is 0 Å². The van der Waals surface area contributed by atoms with Gasteiger partial charge in [-0.05, 0) is 25.8 Å². The molecule has 0 aromatic heterocycles. The summed E-state index contributed by atoms with van der Waals surface area (Å²) in [7, 11) is 1.66. The van der Waals surface area contributed by atoms with Crippen LogP contribution in [0.2, 0.25) is 0 Å². The molecule has 1 aromatic carbocycles. The fourth-order valence-corrected chi connectivity index (χ4v) is 2.56. The first-order chi connectivity index (χ1) is 8.65. The van der Waals surface area contributed by atoms with Crippen molar-refractivity contribution in [2.24, 2.45) is 5.73 Å². The number of carbonyl (C=O) groups excluding carboxylic acids is 1. The fourth-order valence-electron chi connectivity index (χ4n) is 2.56. The molecule has 1 aliphatic rings. The highest BCUT2D eigenvalue weighted by molar-refractivity contribution is 5.82. The zero-order valence-corrected chi connectivity index (χ0v) is 10.9. The predicted octanol–water partition coefficient (Wildman–Crippen LogP) is 1.71. The molecule has 98 valence electrons. The van der Waals surface area contributed by atoms with Crippen LogP contribution >= 0.6 is 0 Å². The van der Waals surface area contributed by atoms with E-state index in [0.717, 1.165) is 30.7 Å². The number of hydrogen-bond donors (Lipinski definition) is 1. The van der Waals surface area contributed by atoms with Gasteiger partial charge in [-0.25, -0.2) is 0 Å². The van der Waals surface area contributed by atoms with Gasteiger partial charge >= 0.3 is 0 Å². The second kappa shape index (κ2) is 5.40. The average Bonchev–Trinajstić information content (AvgIpc) is 2.86. The zero-order valence-electron chi connectivity index (χ0n) is 10.9. The van der Waals surface area contributed by atoms with Gasteiger partial charge in [0.25, 0.3) is 0 Å². The molecule has 0 bridgehead atoms. The fraction of sp³-hybridized carbons (Fsp3) is 0.500. The molecule has 0 radical (unpaired) electrons. The van der Waals surface area contributed by atoms with Gasteiger partial charge in [-0.3, -0.25) is 4.79 Å². The SMILES string of the molecule is COc1ccccc1[C@H]1CCCN1C(=O)[C@H](C)N. The Bertz CT molecular complexity index is 432. The molecule has 1 heterocycles. The van der Waals surface area contributed by atoms with E-state index in [1.54, 1.807) is 14.0 Å². The number of rotatable bonds is 3. The average molecular weight is 248 g/mol. The number of nitrogens with two attached hydrogens (primary N) is 1. The Labute approximate surface area is 108 Å². The topological polar surface area (TPSA) is 55.6 Å². The van der Waals surface area contributed by atoms with Crippen LogP contribution in [0.3, 0.4) is 0 Å². The molecule has 1 aromatic rings. The third-order valence-electron chi connectivity index (χ3n) is 3.42. The summed E-state index contributed by atoms with van der Waals surface area (Å²) in [6.45, 7) is 2.52. The summed E-state index contributed by atoms with van der Waals surface area (Å²) in [5, 5.41) is 0. The predicted molar refractivity (Wildman–Crippen MR) is 70.3 cm³/mol. The van der Waals surface area contributed by atoms with Crippen LogP contribution < -0.4 is 10.5 Å². The maximum Gasteiger partial charge on any atom is 0.239 e. The van der Waals surface area contributed by atoms with E-state index in [1.807, 2.05) is 29.2 Å². The Morgan fingerprint density at radius 1 is 1.50 bits per heavy atom. The van der Waals surface area contributed by atoms with E-state index in [1.165, 1.54) is 0 Å². The van der Waals surface area contributed by atoms with Crippen LogP contribution in [0.1, 0.15) is 31.4 Å². The third-order valence-corrected chi connectivity index (χ3v) is 3.42. The Morgan fingerprint density at radius 2 is 2.22 bits per heavy atom. The Kier molecular flexibility index (Phi) is 3.87. The molecule has 2 N–H and O–H groups in total. The number of benzene rings is 1.